The van der Waals surface area contributed by atoms with E-state index in [2.05, 4.69) is 11.8 Å². The number of carbonyl (C=O) groups is 1. The fourth-order valence-corrected chi connectivity index (χ4v) is 5.79. The summed E-state index contributed by atoms with van der Waals surface area (Å²) in [7, 11) is -2.76. The standard InChI is InChI=1S/C22H27Cl2N3O4S/c1-4-25-7-9-26(10-8-25)22(28)15-27(19-13-17(23)12-18(24)14-19)32(29,30)21-11-16(2)5-6-20(21)31-3/h5-6,11-14H,4,7-10,15H2,1-3H3. The van der Waals surface area contributed by atoms with E-state index in [4.69, 9.17) is 27.9 Å². The topological polar surface area (TPSA) is 70.2 Å². The Labute approximate surface area is 199 Å². The number of hydrogen-bond donors (Lipinski definition) is 0. The van der Waals surface area contributed by atoms with Gasteiger partial charge in [-0.05, 0) is 49.4 Å². The van der Waals surface area contributed by atoms with Crippen molar-refractivity contribution in [3.05, 3.63) is 52.0 Å². The number of halogens is 2. The van der Waals surface area contributed by atoms with Crippen LogP contribution in [0, 0.1) is 6.92 Å². The van der Waals surface area contributed by atoms with E-state index in [0.717, 1.165) is 29.5 Å². The number of amides is 1. The van der Waals surface area contributed by atoms with Gasteiger partial charge < -0.3 is 14.5 Å². The lowest BCUT2D eigenvalue weighted by Gasteiger charge is -2.35. The molecule has 0 aromatic heterocycles. The van der Waals surface area contributed by atoms with Gasteiger partial charge in [-0.3, -0.25) is 9.10 Å². The van der Waals surface area contributed by atoms with Crippen LogP contribution in [0.4, 0.5) is 5.69 Å². The molecule has 2 aromatic carbocycles. The highest BCUT2D eigenvalue weighted by Gasteiger charge is 2.32. The van der Waals surface area contributed by atoms with Gasteiger partial charge >= 0.3 is 0 Å². The third kappa shape index (κ3) is 5.49. The summed E-state index contributed by atoms with van der Waals surface area (Å²) in [6, 6.07) is 9.35. The minimum atomic E-state index is -4.17. The average Bonchev–Trinajstić information content (AvgIpc) is 2.76. The SMILES string of the molecule is CCN1CCN(C(=O)CN(c2cc(Cl)cc(Cl)c2)S(=O)(=O)c2cc(C)ccc2OC)CC1. The van der Waals surface area contributed by atoms with Crippen LogP contribution in [-0.2, 0) is 14.8 Å². The molecule has 0 unspecified atom stereocenters. The monoisotopic (exact) mass is 499 g/mol. The van der Waals surface area contributed by atoms with Gasteiger partial charge in [0.15, 0.2) is 0 Å². The normalized spacial score (nSPS) is 15.0. The molecule has 1 aliphatic heterocycles. The van der Waals surface area contributed by atoms with E-state index in [9.17, 15) is 13.2 Å². The Kier molecular flexibility index (Phi) is 7.92. The Balaban J connectivity index is 2.02. The Morgan fingerprint density at radius 2 is 1.69 bits per heavy atom. The molecular formula is C22H27Cl2N3O4S. The molecule has 2 aromatic rings. The molecule has 0 bridgehead atoms. The van der Waals surface area contributed by atoms with Gasteiger partial charge in [0.2, 0.25) is 5.91 Å². The van der Waals surface area contributed by atoms with Crippen LogP contribution in [0.1, 0.15) is 12.5 Å². The highest BCUT2D eigenvalue weighted by atomic mass is 35.5. The zero-order valence-corrected chi connectivity index (χ0v) is 20.7. The first-order valence-corrected chi connectivity index (χ1v) is 12.5. The van der Waals surface area contributed by atoms with Gasteiger partial charge in [-0.2, -0.15) is 0 Å². The molecule has 7 nitrogen and oxygen atoms in total. The number of aryl methyl sites for hydroxylation is 1. The van der Waals surface area contributed by atoms with Gasteiger partial charge in [0.05, 0.1) is 12.8 Å². The number of sulfonamides is 1. The lowest BCUT2D eigenvalue weighted by atomic mass is 10.2. The van der Waals surface area contributed by atoms with Crippen LogP contribution in [0.15, 0.2) is 41.3 Å². The summed E-state index contributed by atoms with van der Waals surface area (Å²) in [6.07, 6.45) is 0. The highest BCUT2D eigenvalue weighted by molar-refractivity contribution is 7.93. The summed E-state index contributed by atoms with van der Waals surface area (Å²) in [5, 5.41) is 0.542. The van der Waals surface area contributed by atoms with E-state index in [1.54, 1.807) is 24.0 Å². The largest absolute Gasteiger partial charge is 0.495 e. The Morgan fingerprint density at radius 1 is 1.06 bits per heavy atom. The summed E-state index contributed by atoms with van der Waals surface area (Å²) >= 11 is 12.3. The Bertz CT molecular complexity index is 1070. The van der Waals surface area contributed by atoms with Crippen molar-refractivity contribution < 1.29 is 17.9 Å². The van der Waals surface area contributed by atoms with E-state index < -0.39 is 10.0 Å². The number of nitrogens with zero attached hydrogens (tertiary/aromatic N) is 3. The zero-order valence-electron chi connectivity index (χ0n) is 18.3. The third-order valence-corrected chi connectivity index (χ3v) is 7.71. The van der Waals surface area contributed by atoms with E-state index >= 15 is 0 Å². The average molecular weight is 500 g/mol. The maximum Gasteiger partial charge on any atom is 0.268 e. The van der Waals surface area contributed by atoms with Crippen molar-refractivity contribution >= 4 is 44.8 Å². The van der Waals surface area contributed by atoms with Crippen LogP contribution < -0.4 is 9.04 Å². The van der Waals surface area contributed by atoms with Crippen LogP contribution >= 0.6 is 23.2 Å². The molecule has 32 heavy (non-hydrogen) atoms. The number of piperazine rings is 1. The second kappa shape index (κ2) is 10.3. The Hall–Kier alpha value is -2.00. The summed E-state index contributed by atoms with van der Waals surface area (Å²) in [5.74, 6) is -0.0928. The first kappa shape index (κ1) is 24.6. The van der Waals surface area contributed by atoms with E-state index in [1.807, 2.05) is 0 Å². The predicted molar refractivity (Wildman–Crippen MR) is 127 cm³/mol. The number of likely N-dealkylation sites (N-methyl/N-ethyl adjacent to an activating group) is 1. The number of hydrogen-bond acceptors (Lipinski definition) is 5. The summed E-state index contributed by atoms with van der Waals surface area (Å²) < 4.78 is 33.9. The summed E-state index contributed by atoms with van der Waals surface area (Å²) in [4.78, 5) is 17.1. The number of methoxy groups -OCH3 is 1. The van der Waals surface area contributed by atoms with Crippen LogP contribution in [0.25, 0.3) is 0 Å². The first-order chi connectivity index (χ1) is 15.1. The van der Waals surface area contributed by atoms with Crippen molar-refractivity contribution in [1.82, 2.24) is 9.80 Å². The molecule has 3 rings (SSSR count). The second-order valence-electron chi connectivity index (χ2n) is 7.61. The molecule has 0 aliphatic carbocycles. The van der Waals surface area contributed by atoms with Gasteiger partial charge in [-0.15, -0.1) is 0 Å². The minimum absolute atomic E-state index is 0.0281. The first-order valence-electron chi connectivity index (χ1n) is 10.3. The molecule has 1 amide bonds. The molecule has 174 valence electrons. The van der Waals surface area contributed by atoms with E-state index in [1.165, 1.54) is 31.4 Å². The molecule has 1 aliphatic rings. The van der Waals surface area contributed by atoms with Gasteiger partial charge in [-0.1, -0.05) is 36.2 Å². The van der Waals surface area contributed by atoms with Gasteiger partial charge in [0, 0.05) is 36.2 Å². The third-order valence-electron chi connectivity index (χ3n) is 5.47. The van der Waals surface area contributed by atoms with Crippen molar-refractivity contribution in [2.75, 3.05) is 50.7 Å². The lowest BCUT2D eigenvalue weighted by molar-refractivity contribution is -0.131. The molecule has 0 saturated carbocycles. The molecule has 0 spiro atoms. The van der Waals surface area contributed by atoms with Gasteiger partial charge in [-0.25, -0.2) is 8.42 Å². The fourth-order valence-electron chi connectivity index (χ4n) is 3.64. The fraction of sp³-hybridized carbons (Fsp3) is 0.409. The number of ether oxygens (including phenoxy) is 1. The van der Waals surface area contributed by atoms with Crippen LogP contribution in [0.5, 0.6) is 5.75 Å². The van der Waals surface area contributed by atoms with Crippen LogP contribution in [0.2, 0.25) is 10.0 Å². The molecule has 0 radical (unpaired) electrons. The Morgan fingerprint density at radius 3 is 2.25 bits per heavy atom. The van der Waals surface area contributed by atoms with E-state index in [-0.39, 0.29) is 38.8 Å². The van der Waals surface area contributed by atoms with E-state index in [0.29, 0.717) is 13.1 Å². The molecule has 0 N–H and O–H groups in total. The quantitative estimate of drug-likeness (QED) is 0.581. The molecule has 1 heterocycles. The zero-order chi connectivity index (χ0) is 23.5. The van der Waals surface area contributed by atoms with Crippen molar-refractivity contribution in [3.63, 3.8) is 0 Å². The predicted octanol–water partition coefficient (Wildman–Crippen LogP) is 3.67. The van der Waals surface area contributed by atoms with Crippen molar-refractivity contribution in [3.8, 4) is 5.75 Å². The maximum atomic E-state index is 13.8. The summed E-state index contributed by atoms with van der Waals surface area (Å²) in [5.41, 5.74) is 0.960. The van der Waals surface area contributed by atoms with Gasteiger partial charge in [0.1, 0.15) is 17.2 Å². The molecule has 1 saturated heterocycles. The van der Waals surface area contributed by atoms with Crippen LogP contribution in [0.3, 0.4) is 0 Å². The van der Waals surface area contributed by atoms with Crippen molar-refractivity contribution in [1.29, 1.82) is 0 Å². The summed E-state index contributed by atoms with van der Waals surface area (Å²) in [6.45, 7) is 7.00. The molecule has 10 heteroatoms. The number of rotatable bonds is 7. The van der Waals surface area contributed by atoms with Gasteiger partial charge in [0.25, 0.3) is 10.0 Å². The van der Waals surface area contributed by atoms with Crippen molar-refractivity contribution in [2.45, 2.75) is 18.7 Å². The highest BCUT2D eigenvalue weighted by Crippen LogP contribution is 2.33. The van der Waals surface area contributed by atoms with Crippen molar-refractivity contribution in [2.24, 2.45) is 0 Å². The molecule has 0 atom stereocenters. The minimum Gasteiger partial charge on any atom is -0.495 e. The smallest absolute Gasteiger partial charge is 0.268 e. The lowest BCUT2D eigenvalue weighted by Crippen LogP contribution is -2.51. The number of carbonyl (C=O) groups excluding carboxylic acids is 1. The number of benzene rings is 2. The molecule has 1 fully saturated rings. The maximum absolute atomic E-state index is 13.8. The van der Waals surface area contributed by atoms with Crippen LogP contribution in [-0.4, -0.2) is 70.5 Å². The molecular weight excluding hydrogens is 473 g/mol. The number of anilines is 1. The second-order valence-corrected chi connectivity index (χ2v) is 10.3.